The number of aryl methyl sites for hydroxylation is 1. The normalized spacial score (nSPS) is 12.9. The Hall–Kier alpha value is -3.22. The number of hydrogen-bond donors (Lipinski definition) is 2. The quantitative estimate of drug-likeness (QED) is 0.582. The van der Waals surface area contributed by atoms with E-state index in [-0.39, 0.29) is 28.2 Å². The molecule has 0 spiro atoms. The van der Waals surface area contributed by atoms with Gasteiger partial charge < -0.3 is 15.0 Å². The molecule has 1 aromatic carbocycles. The second-order valence-corrected chi connectivity index (χ2v) is 7.81. The lowest BCUT2D eigenvalue weighted by Crippen LogP contribution is -2.36. The monoisotopic (exact) mass is 444 g/mol. The smallest absolute Gasteiger partial charge is 0.271 e. The number of amides is 1. The standard InChI is InChI=1S/C21H22ClFN6O2/c1-12(25-21(31)20-11-28(10-13(2)30)14(3)26-20)9-29-5-4-19(27-29)15-6-17(22)16(8-24)18(23)7-15/h4-7,11-13,30H,9-10H2,1-3H3,(H,25,31). The molecule has 1 amide bonds. The fourth-order valence-corrected chi connectivity index (χ4v) is 3.41. The summed E-state index contributed by atoms with van der Waals surface area (Å²) < 4.78 is 17.4. The van der Waals surface area contributed by atoms with Crippen LogP contribution in [0.25, 0.3) is 11.3 Å². The van der Waals surface area contributed by atoms with Gasteiger partial charge >= 0.3 is 0 Å². The average molecular weight is 445 g/mol. The molecule has 10 heteroatoms. The number of nitriles is 1. The van der Waals surface area contributed by atoms with Crippen LogP contribution in [-0.2, 0) is 13.1 Å². The minimum atomic E-state index is -0.703. The molecule has 0 aliphatic rings. The highest BCUT2D eigenvalue weighted by molar-refractivity contribution is 6.32. The number of aliphatic hydroxyl groups excluding tert-OH is 1. The summed E-state index contributed by atoms with van der Waals surface area (Å²) in [5.41, 5.74) is 1.02. The molecule has 8 nitrogen and oxygen atoms in total. The van der Waals surface area contributed by atoms with Crippen LogP contribution in [0, 0.1) is 24.1 Å². The molecular formula is C21H22ClFN6O2. The minimum absolute atomic E-state index is 0.0259. The number of aromatic nitrogens is 4. The number of carbonyl (C=O) groups is 1. The molecule has 2 atom stereocenters. The van der Waals surface area contributed by atoms with Crippen LogP contribution in [0.4, 0.5) is 4.39 Å². The summed E-state index contributed by atoms with van der Waals surface area (Å²) in [4.78, 5) is 16.7. The molecular weight excluding hydrogens is 423 g/mol. The maximum absolute atomic E-state index is 14.0. The van der Waals surface area contributed by atoms with Gasteiger partial charge in [-0.3, -0.25) is 9.48 Å². The molecule has 0 radical (unpaired) electrons. The summed E-state index contributed by atoms with van der Waals surface area (Å²) in [6.45, 7) is 6.01. The van der Waals surface area contributed by atoms with Gasteiger partial charge in [0.15, 0.2) is 0 Å². The predicted molar refractivity (Wildman–Crippen MR) is 113 cm³/mol. The molecule has 0 fully saturated rings. The zero-order valence-corrected chi connectivity index (χ0v) is 18.1. The van der Waals surface area contributed by atoms with Crippen LogP contribution in [0.1, 0.15) is 35.7 Å². The van der Waals surface area contributed by atoms with Crippen LogP contribution in [0.3, 0.4) is 0 Å². The van der Waals surface area contributed by atoms with Gasteiger partial charge in [0.1, 0.15) is 29.0 Å². The zero-order chi connectivity index (χ0) is 22.7. The first-order valence-electron chi connectivity index (χ1n) is 9.63. The summed E-state index contributed by atoms with van der Waals surface area (Å²) in [6.07, 6.45) is 2.78. The fraction of sp³-hybridized carbons (Fsp3) is 0.333. The molecule has 2 unspecified atom stereocenters. The maximum atomic E-state index is 14.0. The topological polar surface area (TPSA) is 109 Å². The number of aliphatic hydroxyl groups is 1. The summed E-state index contributed by atoms with van der Waals surface area (Å²) in [5.74, 6) is -0.387. The lowest BCUT2D eigenvalue weighted by atomic mass is 10.1. The van der Waals surface area contributed by atoms with Gasteiger partial charge in [-0.2, -0.15) is 10.4 Å². The second kappa shape index (κ2) is 9.29. The van der Waals surface area contributed by atoms with E-state index < -0.39 is 11.9 Å². The highest BCUT2D eigenvalue weighted by Crippen LogP contribution is 2.26. The van der Waals surface area contributed by atoms with E-state index in [2.05, 4.69) is 15.4 Å². The fourth-order valence-electron chi connectivity index (χ4n) is 3.16. The van der Waals surface area contributed by atoms with Gasteiger partial charge in [-0.15, -0.1) is 0 Å². The molecule has 0 saturated carbocycles. The first-order valence-corrected chi connectivity index (χ1v) is 10.0. The second-order valence-electron chi connectivity index (χ2n) is 7.40. The van der Waals surface area contributed by atoms with Crippen LogP contribution in [0.5, 0.6) is 0 Å². The summed E-state index contributed by atoms with van der Waals surface area (Å²) >= 11 is 5.97. The van der Waals surface area contributed by atoms with Crippen molar-refractivity contribution >= 4 is 17.5 Å². The van der Waals surface area contributed by atoms with Crippen molar-refractivity contribution in [2.75, 3.05) is 0 Å². The highest BCUT2D eigenvalue weighted by atomic mass is 35.5. The van der Waals surface area contributed by atoms with E-state index in [4.69, 9.17) is 16.9 Å². The van der Waals surface area contributed by atoms with E-state index in [0.29, 0.717) is 30.2 Å². The van der Waals surface area contributed by atoms with E-state index in [0.717, 1.165) is 0 Å². The van der Waals surface area contributed by atoms with Crippen LogP contribution >= 0.6 is 11.6 Å². The van der Waals surface area contributed by atoms with Gasteiger partial charge in [0.25, 0.3) is 5.91 Å². The van der Waals surface area contributed by atoms with Gasteiger partial charge in [0.05, 0.1) is 23.4 Å². The van der Waals surface area contributed by atoms with Crippen LogP contribution in [0.15, 0.2) is 30.6 Å². The molecule has 3 aromatic rings. The number of benzene rings is 1. The van der Waals surface area contributed by atoms with E-state index in [9.17, 15) is 14.3 Å². The first-order chi connectivity index (χ1) is 14.7. The molecule has 0 bridgehead atoms. The summed E-state index contributed by atoms with van der Waals surface area (Å²) in [6, 6.07) is 5.88. The molecule has 2 heterocycles. The van der Waals surface area contributed by atoms with E-state index in [1.165, 1.54) is 12.1 Å². The van der Waals surface area contributed by atoms with Crippen molar-refractivity contribution in [2.24, 2.45) is 0 Å². The number of nitrogens with one attached hydrogen (secondary N) is 1. The Morgan fingerprint density at radius 3 is 2.77 bits per heavy atom. The van der Waals surface area contributed by atoms with E-state index in [1.54, 1.807) is 47.6 Å². The van der Waals surface area contributed by atoms with Crippen LogP contribution in [-0.4, -0.2) is 42.5 Å². The number of nitrogens with zero attached hydrogens (tertiary/aromatic N) is 5. The molecule has 0 aliphatic heterocycles. The third-order valence-electron chi connectivity index (χ3n) is 4.60. The van der Waals surface area contributed by atoms with Crippen LogP contribution < -0.4 is 5.32 Å². The maximum Gasteiger partial charge on any atom is 0.271 e. The highest BCUT2D eigenvalue weighted by Gasteiger charge is 2.17. The molecule has 2 N–H and O–H groups in total. The van der Waals surface area contributed by atoms with Gasteiger partial charge in [-0.1, -0.05) is 11.6 Å². The molecule has 3 rings (SSSR count). The lowest BCUT2D eigenvalue weighted by molar-refractivity contribution is 0.0931. The van der Waals surface area contributed by atoms with Crippen molar-refractivity contribution in [3.05, 3.63) is 58.5 Å². The average Bonchev–Trinajstić information content (AvgIpc) is 3.28. The Kier molecular flexibility index (Phi) is 6.73. The molecule has 31 heavy (non-hydrogen) atoms. The third-order valence-corrected chi connectivity index (χ3v) is 4.90. The van der Waals surface area contributed by atoms with Gasteiger partial charge in [-0.05, 0) is 39.0 Å². The predicted octanol–water partition coefficient (Wildman–Crippen LogP) is 2.92. The van der Waals surface area contributed by atoms with Crippen molar-refractivity contribution in [1.29, 1.82) is 5.26 Å². The Morgan fingerprint density at radius 2 is 2.13 bits per heavy atom. The Bertz CT molecular complexity index is 1120. The number of rotatable bonds is 7. The van der Waals surface area contributed by atoms with Crippen molar-refractivity contribution in [1.82, 2.24) is 24.6 Å². The Morgan fingerprint density at radius 1 is 1.39 bits per heavy atom. The molecule has 0 saturated heterocycles. The minimum Gasteiger partial charge on any atom is -0.392 e. The Balaban J connectivity index is 1.66. The number of halogens is 2. The molecule has 2 aromatic heterocycles. The molecule has 0 aliphatic carbocycles. The summed E-state index contributed by atoms with van der Waals surface area (Å²) in [5, 5.41) is 25.7. The zero-order valence-electron chi connectivity index (χ0n) is 17.3. The van der Waals surface area contributed by atoms with Gasteiger partial charge in [-0.25, -0.2) is 9.37 Å². The lowest BCUT2D eigenvalue weighted by Gasteiger charge is -2.13. The largest absolute Gasteiger partial charge is 0.392 e. The summed E-state index contributed by atoms with van der Waals surface area (Å²) in [7, 11) is 0. The SMILES string of the molecule is Cc1nc(C(=O)NC(C)Cn2ccc(-c3cc(F)c(C#N)c(Cl)c3)n2)cn1CC(C)O. The number of imidazole rings is 1. The first kappa shape index (κ1) is 22.5. The van der Waals surface area contributed by atoms with Gasteiger partial charge in [0, 0.05) is 30.5 Å². The van der Waals surface area contributed by atoms with Crippen LogP contribution in [0.2, 0.25) is 5.02 Å². The van der Waals surface area contributed by atoms with Crippen molar-refractivity contribution in [3.63, 3.8) is 0 Å². The number of hydrogen-bond acceptors (Lipinski definition) is 5. The Labute approximate surface area is 183 Å². The number of carbonyl (C=O) groups excluding carboxylic acids is 1. The van der Waals surface area contributed by atoms with E-state index >= 15 is 0 Å². The van der Waals surface area contributed by atoms with E-state index in [1.807, 2.05) is 6.92 Å². The third kappa shape index (κ3) is 5.29. The van der Waals surface area contributed by atoms with Crippen molar-refractivity contribution in [2.45, 2.75) is 46.0 Å². The van der Waals surface area contributed by atoms with Crippen molar-refractivity contribution in [3.8, 4) is 17.3 Å². The van der Waals surface area contributed by atoms with Crippen molar-refractivity contribution < 1.29 is 14.3 Å². The van der Waals surface area contributed by atoms with Gasteiger partial charge in [0.2, 0.25) is 0 Å². The molecule has 162 valence electrons.